The first-order valence-corrected chi connectivity index (χ1v) is 8.69. The number of ketones is 1. The van der Waals surface area contributed by atoms with Crippen LogP contribution in [-0.2, 0) is 9.63 Å². The van der Waals surface area contributed by atoms with Gasteiger partial charge in [0.15, 0.2) is 5.78 Å². The average molecular weight is 366 g/mol. The number of anilines is 1. The van der Waals surface area contributed by atoms with Crippen LogP contribution in [0.4, 0.5) is 5.82 Å². The normalized spacial score (nSPS) is 11.8. The lowest BCUT2D eigenvalue weighted by molar-refractivity contribution is -0.116. The molecule has 1 aromatic carbocycles. The van der Waals surface area contributed by atoms with Crippen molar-refractivity contribution in [3.8, 4) is 5.69 Å². The van der Waals surface area contributed by atoms with Crippen LogP contribution in [-0.4, -0.2) is 36.3 Å². The molecule has 2 rings (SSSR count). The summed E-state index contributed by atoms with van der Waals surface area (Å²) in [6, 6.07) is 9.90. The molecule has 0 spiro atoms. The Balaban J connectivity index is 2.49. The van der Waals surface area contributed by atoms with Crippen molar-refractivity contribution in [2.24, 2.45) is 0 Å². The third-order valence-corrected chi connectivity index (χ3v) is 4.04. The number of benzene rings is 1. The second-order valence-electron chi connectivity index (χ2n) is 5.89. The highest BCUT2D eigenvalue weighted by Crippen LogP contribution is 2.28. The number of carbonyl (C=O) groups excluding carboxylic acids is 1. The molecule has 0 atom stereocenters. The van der Waals surface area contributed by atoms with Crippen molar-refractivity contribution in [2.75, 3.05) is 26.0 Å². The smallest absolute Gasteiger partial charge is 0.178 e. The Morgan fingerprint density at radius 1 is 1.33 bits per heavy atom. The van der Waals surface area contributed by atoms with Gasteiger partial charge in [0.1, 0.15) is 5.82 Å². The maximum Gasteiger partial charge on any atom is 0.178 e. The van der Waals surface area contributed by atoms with Crippen molar-refractivity contribution in [3.05, 3.63) is 72.0 Å². The largest absolute Gasteiger partial charge is 0.373 e. The molecule has 0 aliphatic carbocycles. The van der Waals surface area contributed by atoms with Gasteiger partial charge in [-0.1, -0.05) is 36.9 Å². The van der Waals surface area contributed by atoms with E-state index in [1.165, 1.54) is 7.11 Å². The molecule has 0 amide bonds. The fourth-order valence-electron chi connectivity index (χ4n) is 2.71. The van der Waals surface area contributed by atoms with Crippen molar-refractivity contribution < 1.29 is 9.63 Å². The van der Waals surface area contributed by atoms with Crippen LogP contribution >= 0.6 is 0 Å². The zero-order chi connectivity index (χ0) is 19.8. The van der Waals surface area contributed by atoms with Crippen molar-refractivity contribution >= 4 is 17.2 Å². The van der Waals surface area contributed by atoms with E-state index in [0.717, 1.165) is 28.3 Å². The van der Waals surface area contributed by atoms with Gasteiger partial charge >= 0.3 is 0 Å². The SMILES string of the molecule is C=C(/C=C(\C=C/C)c1nn(-c2ccccc2)c(NC)c1C)C(=O)CNOC. The average Bonchev–Trinajstić information content (AvgIpc) is 3.02. The minimum atomic E-state index is -0.146. The van der Waals surface area contributed by atoms with Gasteiger partial charge in [0.2, 0.25) is 0 Å². The summed E-state index contributed by atoms with van der Waals surface area (Å²) in [6.45, 7) is 7.88. The molecule has 27 heavy (non-hydrogen) atoms. The topological polar surface area (TPSA) is 68.2 Å². The molecule has 0 saturated heterocycles. The van der Waals surface area contributed by atoms with E-state index in [1.807, 2.05) is 68.1 Å². The summed E-state index contributed by atoms with van der Waals surface area (Å²) in [5, 5.41) is 8.00. The molecule has 0 radical (unpaired) electrons. The summed E-state index contributed by atoms with van der Waals surface area (Å²) in [5.74, 6) is 0.748. The Morgan fingerprint density at radius 2 is 2.04 bits per heavy atom. The monoisotopic (exact) mass is 366 g/mol. The predicted molar refractivity (Wildman–Crippen MR) is 110 cm³/mol. The van der Waals surface area contributed by atoms with Gasteiger partial charge in [-0.25, -0.2) is 4.68 Å². The Bertz CT molecular complexity index is 864. The number of aromatic nitrogens is 2. The third-order valence-electron chi connectivity index (χ3n) is 4.04. The third kappa shape index (κ3) is 4.81. The fraction of sp³-hybridized carbons (Fsp3) is 0.238. The molecule has 0 bridgehead atoms. The molecule has 0 fully saturated rings. The first-order valence-electron chi connectivity index (χ1n) is 8.69. The Kier molecular flexibility index (Phi) is 7.28. The number of nitrogens with zero attached hydrogens (tertiary/aromatic N) is 2. The molecule has 142 valence electrons. The second kappa shape index (κ2) is 9.66. The molecule has 2 aromatic rings. The molecular weight excluding hydrogens is 340 g/mol. The highest BCUT2D eigenvalue weighted by Gasteiger charge is 2.17. The van der Waals surface area contributed by atoms with Crippen LogP contribution in [0.2, 0.25) is 0 Å². The standard InChI is InChI=1S/C21H26N4O2/c1-6-10-17(13-15(2)19(26)14-23-27-5)20-16(3)21(22-4)25(24-20)18-11-8-7-9-12-18/h6-13,22-23H,2,14H2,1,3-5H3/b10-6-,17-13+. The number of para-hydroxylation sites is 1. The minimum Gasteiger partial charge on any atom is -0.373 e. The van der Waals surface area contributed by atoms with Gasteiger partial charge in [0.25, 0.3) is 0 Å². The molecule has 1 heterocycles. The van der Waals surface area contributed by atoms with Crippen LogP contribution in [0.15, 0.2) is 60.7 Å². The first-order chi connectivity index (χ1) is 13.0. The number of hydrogen-bond donors (Lipinski definition) is 2. The van der Waals surface area contributed by atoms with Gasteiger partial charge in [-0.2, -0.15) is 10.6 Å². The van der Waals surface area contributed by atoms with E-state index in [1.54, 1.807) is 6.08 Å². The van der Waals surface area contributed by atoms with Crippen molar-refractivity contribution in [2.45, 2.75) is 13.8 Å². The summed E-state index contributed by atoms with van der Waals surface area (Å²) in [4.78, 5) is 16.9. The maximum atomic E-state index is 12.2. The van der Waals surface area contributed by atoms with Crippen LogP contribution in [0.5, 0.6) is 0 Å². The molecule has 6 nitrogen and oxygen atoms in total. The van der Waals surface area contributed by atoms with Crippen LogP contribution in [0.3, 0.4) is 0 Å². The van der Waals surface area contributed by atoms with Gasteiger partial charge < -0.3 is 10.2 Å². The first kappa shape index (κ1) is 20.4. The van der Waals surface area contributed by atoms with Crippen molar-refractivity contribution in [1.29, 1.82) is 0 Å². The van der Waals surface area contributed by atoms with E-state index in [9.17, 15) is 4.79 Å². The van der Waals surface area contributed by atoms with Gasteiger partial charge in [0, 0.05) is 23.8 Å². The lowest BCUT2D eigenvalue weighted by Gasteiger charge is -2.06. The number of Topliss-reactive ketones (excluding diaryl/α,β-unsaturated/α-hetero) is 1. The van der Waals surface area contributed by atoms with E-state index in [-0.39, 0.29) is 12.3 Å². The summed E-state index contributed by atoms with van der Waals surface area (Å²) < 4.78 is 1.86. The molecule has 0 aliphatic heterocycles. The number of carbonyl (C=O) groups is 1. The van der Waals surface area contributed by atoms with Crippen LogP contribution in [0, 0.1) is 6.92 Å². The summed E-state index contributed by atoms with van der Waals surface area (Å²) >= 11 is 0. The summed E-state index contributed by atoms with van der Waals surface area (Å²) in [5.41, 5.74) is 6.47. The number of nitrogens with one attached hydrogen (secondary N) is 2. The van der Waals surface area contributed by atoms with Gasteiger partial charge in [-0.05, 0) is 32.1 Å². The zero-order valence-electron chi connectivity index (χ0n) is 16.2. The van der Waals surface area contributed by atoms with E-state index < -0.39 is 0 Å². The van der Waals surface area contributed by atoms with Crippen molar-refractivity contribution in [1.82, 2.24) is 15.3 Å². The Hall–Kier alpha value is -2.96. The van der Waals surface area contributed by atoms with Crippen molar-refractivity contribution in [3.63, 3.8) is 0 Å². The van der Waals surface area contributed by atoms with Crippen LogP contribution < -0.4 is 10.8 Å². The molecule has 2 N–H and O–H groups in total. The Labute approximate surface area is 160 Å². The molecule has 0 unspecified atom stereocenters. The molecular formula is C21H26N4O2. The van der Waals surface area contributed by atoms with E-state index >= 15 is 0 Å². The number of hydroxylamine groups is 1. The highest BCUT2D eigenvalue weighted by molar-refractivity contribution is 6.01. The summed E-state index contributed by atoms with van der Waals surface area (Å²) in [7, 11) is 3.33. The van der Waals surface area contributed by atoms with Gasteiger partial charge in [-0.3, -0.25) is 4.79 Å². The lowest BCUT2D eigenvalue weighted by atomic mass is 10.0. The van der Waals surface area contributed by atoms with Crippen LogP contribution in [0.25, 0.3) is 11.3 Å². The molecule has 1 aromatic heterocycles. The second-order valence-corrected chi connectivity index (χ2v) is 5.89. The molecule has 6 heteroatoms. The number of hydrogen-bond acceptors (Lipinski definition) is 5. The predicted octanol–water partition coefficient (Wildman–Crippen LogP) is 3.46. The zero-order valence-corrected chi connectivity index (χ0v) is 16.2. The fourth-order valence-corrected chi connectivity index (χ4v) is 2.71. The van der Waals surface area contributed by atoms with Gasteiger partial charge in [-0.15, -0.1) is 0 Å². The van der Waals surface area contributed by atoms with Gasteiger partial charge in [0.05, 0.1) is 25.0 Å². The quantitative estimate of drug-likeness (QED) is 0.404. The highest BCUT2D eigenvalue weighted by atomic mass is 16.6. The minimum absolute atomic E-state index is 0.0636. The van der Waals surface area contributed by atoms with E-state index in [4.69, 9.17) is 9.94 Å². The molecule has 0 aliphatic rings. The lowest BCUT2D eigenvalue weighted by Crippen LogP contribution is -2.22. The van der Waals surface area contributed by atoms with E-state index in [0.29, 0.717) is 5.57 Å². The van der Waals surface area contributed by atoms with E-state index in [2.05, 4.69) is 17.4 Å². The molecule has 0 saturated carbocycles. The van der Waals surface area contributed by atoms with Crippen LogP contribution in [0.1, 0.15) is 18.2 Å². The summed E-state index contributed by atoms with van der Waals surface area (Å²) in [6.07, 6.45) is 5.59. The number of rotatable bonds is 9. The maximum absolute atomic E-state index is 12.2. The number of allylic oxidation sites excluding steroid dienone is 4. The Morgan fingerprint density at radius 3 is 2.63 bits per heavy atom.